The third-order valence-corrected chi connectivity index (χ3v) is 3.55. The molecule has 0 aliphatic carbocycles. The van der Waals surface area contributed by atoms with Gasteiger partial charge in [-0.3, -0.25) is 4.79 Å². The molecule has 0 saturated heterocycles. The fourth-order valence-corrected chi connectivity index (χ4v) is 2.26. The van der Waals surface area contributed by atoms with Crippen molar-refractivity contribution in [1.29, 1.82) is 0 Å². The normalized spacial score (nSPS) is 12.1. The fraction of sp³-hybridized carbons (Fsp3) is 0.154. The molecular weight excluding hydrogens is 232 g/mol. The summed E-state index contributed by atoms with van der Waals surface area (Å²) in [6.07, 6.45) is 0. The summed E-state index contributed by atoms with van der Waals surface area (Å²) in [6, 6.07) is 10.9. The summed E-state index contributed by atoms with van der Waals surface area (Å²) in [4.78, 5) is 13.1. The van der Waals surface area contributed by atoms with Crippen LogP contribution >= 0.6 is 11.3 Å². The summed E-state index contributed by atoms with van der Waals surface area (Å²) in [5, 5.41) is 4.95. The van der Waals surface area contributed by atoms with Crippen LogP contribution < -0.4 is 11.1 Å². The first-order chi connectivity index (χ1) is 8.16. The van der Waals surface area contributed by atoms with E-state index in [0.29, 0.717) is 11.3 Å². The molecule has 3 nitrogen and oxygen atoms in total. The smallest absolute Gasteiger partial charge is 0.251 e. The number of nitrogens with two attached hydrogens (primary N) is 1. The van der Waals surface area contributed by atoms with Gasteiger partial charge in [-0.25, -0.2) is 0 Å². The van der Waals surface area contributed by atoms with E-state index in [0.717, 1.165) is 4.88 Å². The van der Waals surface area contributed by atoms with E-state index >= 15 is 0 Å². The van der Waals surface area contributed by atoms with Crippen molar-refractivity contribution >= 4 is 22.9 Å². The van der Waals surface area contributed by atoms with Crippen LogP contribution in [-0.2, 0) is 0 Å². The SMILES string of the molecule is C[C@H](NC(=O)c1ccc(N)cc1)c1cccs1. The van der Waals surface area contributed by atoms with Crippen LogP contribution in [0.15, 0.2) is 41.8 Å². The van der Waals surface area contributed by atoms with Crippen LogP contribution in [0, 0.1) is 0 Å². The number of rotatable bonds is 3. The Balaban J connectivity index is 2.04. The lowest BCUT2D eigenvalue weighted by Crippen LogP contribution is -2.26. The fourth-order valence-electron chi connectivity index (χ4n) is 1.52. The van der Waals surface area contributed by atoms with E-state index in [4.69, 9.17) is 5.73 Å². The number of anilines is 1. The predicted molar refractivity (Wildman–Crippen MR) is 71.1 cm³/mol. The summed E-state index contributed by atoms with van der Waals surface area (Å²) in [6.45, 7) is 1.97. The van der Waals surface area contributed by atoms with Crippen molar-refractivity contribution in [2.24, 2.45) is 0 Å². The van der Waals surface area contributed by atoms with E-state index in [9.17, 15) is 4.79 Å². The van der Waals surface area contributed by atoms with Crippen molar-refractivity contribution in [2.45, 2.75) is 13.0 Å². The molecule has 1 atom stereocenters. The maximum atomic E-state index is 11.9. The second-order valence-electron chi connectivity index (χ2n) is 3.83. The zero-order chi connectivity index (χ0) is 12.3. The standard InChI is InChI=1S/C13H14N2OS/c1-9(12-3-2-8-17-12)15-13(16)10-4-6-11(14)7-5-10/h2-9H,14H2,1H3,(H,15,16)/t9-/m0/s1. The highest BCUT2D eigenvalue weighted by Gasteiger charge is 2.11. The number of carbonyl (C=O) groups is 1. The highest BCUT2D eigenvalue weighted by atomic mass is 32.1. The number of hydrogen-bond acceptors (Lipinski definition) is 3. The van der Waals surface area contributed by atoms with E-state index in [-0.39, 0.29) is 11.9 Å². The van der Waals surface area contributed by atoms with Gasteiger partial charge in [-0.15, -0.1) is 11.3 Å². The van der Waals surface area contributed by atoms with Crippen LogP contribution in [0.1, 0.15) is 28.2 Å². The van der Waals surface area contributed by atoms with E-state index in [2.05, 4.69) is 5.32 Å². The number of nitrogens with one attached hydrogen (secondary N) is 1. The van der Waals surface area contributed by atoms with Gasteiger partial charge >= 0.3 is 0 Å². The van der Waals surface area contributed by atoms with Gasteiger partial charge in [0, 0.05) is 16.1 Å². The summed E-state index contributed by atoms with van der Waals surface area (Å²) in [5.41, 5.74) is 6.86. The topological polar surface area (TPSA) is 55.1 Å². The van der Waals surface area contributed by atoms with Gasteiger partial charge in [-0.2, -0.15) is 0 Å². The van der Waals surface area contributed by atoms with Crippen LogP contribution in [0.3, 0.4) is 0 Å². The molecular formula is C13H14N2OS. The monoisotopic (exact) mass is 246 g/mol. The predicted octanol–water partition coefficient (Wildman–Crippen LogP) is 2.82. The molecule has 0 aliphatic heterocycles. The van der Waals surface area contributed by atoms with Crippen molar-refractivity contribution in [2.75, 3.05) is 5.73 Å². The van der Waals surface area contributed by atoms with Crippen LogP contribution in [0.5, 0.6) is 0 Å². The Morgan fingerprint density at radius 1 is 1.29 bits per heavy atom. The van der Waals surface area contributed by atoms with Crippen molar-refractivity contribution in [3.05, 3.63) is 52.2 Å². The third kappa shape index (κ3) is 2.85. The highest BCUT2D eigenvalue weighted by molar-refractivity contribution is 7.10. The van der Waals surface area contributed by atoms with Crippen LogP contribution in [0.2, 0.25) is 0 Å². The molecule has 17 heavy (non-hydrogen) atoms. The van der Waals surface area contributed by atoms with E-state index in [1.165, 1.54) is 0 Å². The number of carbonyl (C=O) groups excluding carboxylic acids is 1. The van der Waals surface area contributed by atoms with Gasteiger partial charge in [0.1, 0.15) is 0 Å². The van der Waals surface area contributed by atoms with Gasteiger partial charge in [-0.1, -0.05) is 6.07 Å². The number of nitrogen functional groups attached to an aromatic ring is 1. The molecule has 0 fully saturated rings. The molecule has 0 aliphatic rings. The molecule has 0 saturated carbocycles. The lowest BCUT2D eigenvalue weighted by atomic mass is 10.2. The van der Waals surface area contributed by atoms with Crippen molar-refractivity contribution < 1.29 is 4.79 Å². The quantitative estimate of drug-likeness (QED) is 0.818. The lowest BCUT2D eigenvalue weighted by Gasteiger charge is -2.12. The molecule has 0 unspecified atom stereocenters. The third-order valence-electron chi connectivity index (χ3n) is 2.49. The maximum Gasteiger partial charge on any atom is 0.251 e. The van der Waals surface area contributed by atoms with E-state index < -0.39 is 0 Å². The molecule has 1 aromatic carbocycles. The zero-order valence-corrected chi connectivity index (χ0v) is 10.3. The van der Waals surface area contributed by atoms with Gasteiger partial charge in [0.15, 0.2) is 0 Å². The zero-order valence-electron chi connectivity index (χ0n) is 9.51. The highest BCUT2D eigenvalue weighted by Crippen LogP contribution is 2.18. The molecule has 1 heterocycles. The molecule has 0 bridgehead atoms. The first kappa shape index (κ1) is 11.7. The van der Waals surface area contributed by atoms with Crippen LogP contribution in [0.25, 0.3) is 0 Å². The lowest BCUT2D eigenvalue weighted by molar-refractivity contribution is 0.0940. The van der Waals surface area contributed by atoms with E-state index in [1.807, 2.05) is 24.4 Å². The molecule has 1 aromatic heterocycles. The summed E-state index contributed by atoms with van der Waals surface area (Å²) in [7, 11) is 0. The Morgan fingerprint density at radius 3 is 2.59 bits per heavy atom. The van der Waals surface area contributed by atoms with Gasteiger partial charge in [0.25, 0.3) is 5.91 Å². The van der Waals surface area contributed by atoms with Gasteiger partial charge < -0.3 is 11.1 Å². The number of benzene rings is 1. The molecule has 0 spiro atoms. The minimum atomic E-state index is -0.0779. The van der Waals surface area contributed by atoms with Crippen molar-refractivity contribution in [3.63, 3.8) is 0 Å². The number of amides is 1. The molecule has 88 valence electrons. The molecule has 2 aromatic rings. The second kappa shape index (κ2) is 5.01. The minimum Gasteiger partial charge on any atom is -0.399 e. The van der Waals surface area contributed by atoms with Gasteiger partial charge in [-0.05, 0) is 42.6 Å². The van der Waals surface area contributed by atoms with Crippen LogP contribution in [0.4, 0.5) is 5.69 Å². The summed E-state index contributed by atoms with van der Waals surface area (Å²) < 4.78 is 0. The second-order valence-corrected chi connectivity index (χ2v) is 4.81. The van der Waals surface area contributed by atoms with E-state index in [1.54, 1.807) is 35.6 Å². The first-order valence-electron chi connectivity index (χ1n) is 5.36. The van der Waals surface area contributed by atoms with Crippen molar-refractivity contribution in [3.8, 4) is 0 Å². The molecule has 0 radical (unpaired) electrons. The maximum absolute atomic E-state index is 11.9. The minimum absolute atomic E-state index is 0.0278. The Hall–Kier alpha value is -1.81. The summed E-state index contributed by atoms with van der Waals surface area (Å²) >= 11 is 1.64. The Kier molecular flexibility index (Phi) is 3.44. The molecule has 1 amide bonds. The summed E-state index contributed by atoms with van der Waals surface area (Å²) in [5.74, 6) is -0.0779. The molecule has 3 N–H and O–H groups in total. The average molecular weight is 246 g/mol. The number of thiophene rings is 1. The van der Waals surface area contributed by atoms with Gasteiger partial charge in [0.2, 0.25) is 0 Å². The Labute approximate surface area is 104 Å². The Bertz CT molecular complexity index is 491. The Morgan fingerprint density at radius 2 is 2.00 bits per heavy atom. The average Bonchev–Trinajstić information content (AvgIpc) is 2.83. The molecule has 4 heteroatoms. The number of hydrogen-bond donors (Lipinski definition) is 2. The van der Waals surface area contributed by atoms with Crippen LogP contribution in [-0.4, -0.2) is 5.91 Å². The largest absolute Gasteiger partial charge is 0.399 e. The molecule has 2 rings (SSSR count). The first-order valence-corrected chi connectivity index (χ1v) is 6.24. The van der Waals surface area contributed by atoms with Crippen molar-refractivity contribution in [1.82, 2.24) is 5.32 Å². The van der Waals surface area contributed by atoms with Gasteiger partial charge in [0.05, 0.1) is 6.04 Å².